The first kappa shape index (κ1) is 19.4. The molecule has 1 aliphatic rings. The third-order valence-corrected chi connectivity index (χ3v) is 5.32. The Labute approximate surface area is 166 Å². The van der Waals surface area contributed by atoms with Gasteiger partial charge in [0.05, 0.1) is 16.6 Å². The predicted octanol–water partition coefficient (Wildman–Crippen LogP) is 5.74. The minimum atomic E-state index is -4.68. The highest BCUT2D eigenvalue weighted by molar-refractivity contribution is 5.96. The zero-order valence-electron chi connectivity index (χ0n) is 15.7. The Morgan fingerprint density at radius 2 is 1.83 bits per heavy atom. The lowest BCUT2D eigenvalue weighted by atomic mass is 9.89. The summed E-state index contributed by atoms with van der Waals surface area (Å²) in [6, 6.07) is 13.4. The number of fused-ring (bicyclic) bond motifs is 1. The highest BCUT2D eigenvalue weighted by Crippen LogP contribution is 2.35. The van der Waals surface area contributed by atoms with E-state index in [0.717, 1.165) is 37.2 Å². The summed E-state index contributed by atoms with van der Waals surface area (Å²) in [5.41, 5.74) is 2.43. The molecule has 1 aromatic heterocycles. The van der Waals surface area contributed by atoms with E-state index in [1.54, 1.807) is 6.07 Å². The molecule has 2 heterocycles. The van der Waals surface area contributed by atoms with E-state index in [0.29, 0.717) is 23.2 Å². The standard InChI is InChI=1S/C22H20F3N2O2/c23-22(24,25)29-17-4-1-3-16(14-17)13-15-8-11-27(12-9-15)19-6-2-5-18-21(19)20(28)7-10-26-18/h1-7,10,14-15H,8-9,11-13H2. The van der Waals surface area contributed by atoms with Gasteiger partial charge < -0.3 is 9.64 Å². The summed E-state index contributed by atoms with van der Waals surface area (Å²) in [4.78, 5) is 6.48. The molecule has 1 radical (unpaired) electrons. The molecule has 4 nitrogen and oxygen atoms in total. The Morgan fingerprint density at radius 3 is 2.59 bits per heavy atom. The molecule has 0 unspecified atom stereocenters. The van der Waals surface area contributed by atoms with E-state index >= 15 is 0 Å². The molecule has 1 aliphatic heterocycles. The van der Waals surface area contributed by atoms with Crippen LogP contribution in [0, 0.1) is 5.92 Å². The third kappa shape index (κ3) is 4.55. The minimum absolute atomic E-state index is 0.0331. The molecule has 0 saturated carbocycles. The molecule has 0 atom stereocenters. The smallest absolute Gasteiger partial charge is 0.406 e. The molecule has 0 N–H and O–H groups in total. The van der Waals surface area contributed by atoms with Crippen molar-refractivity contribution in [3.05, 3.63) is 60.3 Å². The lowest BCUT2D eigenvalue weighted by molar-refractivity contribution is -0.274. The van der Waals surface area contributed by atoms with E-state index in [1.807, 2.05) is 24.3 Å². The van der Waals surface area contributed by atoms with Gasteiger partial charge in [0.15, 0.2) is 5.75 Å². The zero-order chi connectivity index (χ0) is 20.4. The van der Waals surface area contributed by atoms with E-state index in [1.165, 1.54) is 24.4 Å². The normalized spacial score (nSPS) is 15.6. The highest BCUT2D eigenvalue weighted by Gasteiger charge is 2.31. The molecule has 7 heteroatoms. The summed E-state index contributed by atoms with van der Waals surface area (Å²) < 4.78 is 41.3. The molecular formula is C22H20F3N2O2. The molecule has 2 aromatic carbocycles. The maximum absolute atomic E-state index is 12.4. The number of anilines is 1. The fourth-order valence-corrected chi connectivity index (χ4v) is 4.00. The topological polar surface area (TPSA) is 45.3 Å². The van der Waals surface area contributed by atoms with E-state index in [2.05, 4.69) is 14.6 Å². The van der Waals surface area contributed by atoms with Gasteiger partial charge in [0.25, 0.3) is 0 Å². The molecule has 0 spiro atoms. The van der Waals surface area contributed by atoms with Crippen molar-refractivity contribution in [3.63, 3.8) is 0 Å². The Kier molecular flexibility index (Phi) is 5.22. The molecule has 0 aliphatic carbocycles. The van der Waals surface area contributed by atoms with Gasteiger partial charge >= 0.3 is 6.36 Å². The number of pyridine rings is 1. The Morgan fingerprint density at radius 1 is 1.07 bits per heavy atom. The number of hydrogen-bond donors (Lipinski definition) is 0. The summed E-state index contributed by atoms with van der Waals surface area (Å²) in [7, 11) is 0. The first-order valence-electron chi connectivity index (χ1n) is 9.53. The van der Waals surface area contributed by atoms with Crippen LogP contribution in [0.1, 0.15) is 18.4 Å². The highest BCUT2D eigenvalue weighted by atomic mass is 19.4. The van der Waals surface area contributed by atoms with Crippen LogP contribution in [-0.2, 0) is 11.5 Å². The van der Waals surface area contributed by atoms with Crippen LogP contribution in [0.15, 0.2) is 54.7 Å². The van der Waals surface area contributed by atoms with Crippen LogP contribution in [0.3, 0.4) is 0 Å². The van der Waals surface area contributed by atoms with Crippen LogP contribution < -0.4 is 9.64 Å². The first-order chi connectivity index (χ1) is 13.9. The zero-order valence-corrected chi connectivity index (χ0v) is 15.7. The van der Waals surface area contributed by atoms with Crippen molar-refractivity contribution in [2.75, 3.05) is 18.0 Å². The Hall–Kier alpha value is -2.96. The van der Waals surface area contributed by atoms with Crippen molar-refractivity contribution >= 4 is 16.6 Å². The molecule has 0 amide bonds. The number of alkyl halides is 3. The van der Waals surface area contributed by atoms with Gasteiger partial charge in [-0.3, -0.25) is 10.1 Å². The maximum Gasteiger partial charge on any atom is 0.573 e. The molecule has 29 heavy (non-hydrogen) atoms. The fourth-order valence-electron chi connectivity index (χ4n) is 4.00. The number of rotatable bonds is 4. The monoisotopic (exact) mass is 401 g/mol. The largest absolute Gasteiger partial charge is 0.573 e. The van der Waals surface area contributed by atoms with Crippen molar-refractivity contribution in [1.29, 1.82) is 0 Å². The minimum Gasteiger partial charge on any atom is -0.406 e. The number of halogens is 3. The molecule has 1 saturated heterocycles. The molecule has 3 aromatic rings. The van der Waals surface area contributed by atoms with Crippen molar-refractivity contribution in [2.45, 2.75) is 25.6 Å². The lowest BCUT2D eigenvalue weighted by Gasteiger charge is -2.34. The van der Waals surface area contributed by atoms with Crippen molar-refractivity contribution < 1.29 is 23.0 Å². The lowest BCUT2D eigenvalue weighted by Crippen LogP contribution is -2.34. The number of aromatic nitrogens is 1. The number of nitrogens with zero attached hydrogens (tertiary/aromatic N) is 2. The summed E-state index contributed by atoms with van der Waals surface area (Å²) in [6.45, 7) is 1.58. The van der Waals surface area contributed by atoms with Crippen molar-refractivity contribution in [2.24, 2.45) is 5.92 Å². The van der Waals surface area contributed by atoms with E-state index < -0.39 is 6.36 Å². The molecular weight excluding hydrogens is 381 g/mol. The van der Waals surface area contributed by atoms with E-state index in [4.69, 9.17) is 0 Å². The van der Waals surface area contributed by atoms with Crippen LogP contribution in [0.5, 0.6) is 11.5 Å². The molecule has 151 valence electrons. The Balaban J connectivity index is 1.43. The van der Waals surface area contributed by atoms with Crippen LogP contribution in [0.25, 0.3) is 10.9 Å². The van der Waals surface area contributed by atoms with Crippen LogP contribution in [0.2, 0.25) is 0 Å². The Bertz CT molecular complexity index is 994. The van der Waals surface area contributed by atoms with Gasteiger partial charge in [-0.15, -0.1) is 13.2 Å². The quantitative estimate of drug-likeness (QED) is 0.560. The van der Waals surface area contributed by atoms with Gasteiger partial charge in [0.2, 0.25) is 0 Å². The van der Waals surface area contributed by atoms with Gasteiger partial charge in [-0.2, -0.15) is 0 Å². The number of ether oxygens (including phenoxy) is 1. The third-order valence-electron chi connectivity index (χ3n) is 5.32. The number of hydrogen-bond acceptors (Lipinski definition) is 3. The van der Waals surface area contributed by atoms with Crippen LogP contribution in [0.4, 0.5) is 18.9 Å². The number of piperidine rings is 1. The maximum atomic E-state index is 12.4. The summed E-state index contributed by atoms with van der Waals surface area (Å²) in [5.74, 6) is 0.153. The predicted molar refractivity (Wildman–Crippen MR) is 104 cm³/mol. The summed E-state index contributed by atoms with van der Waals surface area (Å²) in [5, 5.41) is 13.0. The molecule has 4 rings (SSSR count). The van der Waals surface area contributed by atoms with E-state index in [-0.39, 0.29) is 11.5 Å². The average molecular weight is 401 g/mol. The molecule has 1 fully saturated rings. The second kappa shape index (κ2) is 7.81. The SMILES string of the molecule is [O]c1ccnc2cccc(N3CCC(Cc4cccc(OC(F)(F)F)c4)CC3)c12. The second-order valence-electron chi connectivity index (χ2n) is 7.31. The van der Waals surface area contributed by atoms with Gasteiger partial charge in [0.1, 0.15) is 5.75 Å². The summed E-state index contributed by atoms with van der Waals surface area (Å²) >= 11 is 0. The fraction of sp³-hybridized carbons (Fsp3) is 0.318. The van der Waals surface area contributed by atoms with Gasteiger partial charge in [-0.05, 0) is 55.0 Å². The van der Waals surface area contributed by atoms with Gasteiger partial charge in [0, 0.05) is 25.4 Å². The second-order valence-corrected chi connectivity index (χ2v) is 7.31. The molecule has 0 bridgehead atoms. The van der Waals surface area contributed by atoms with Crippen molar-refractivity contribution in [1.82, 2.24) is 4.98 Å². The van der Waals surface area contributed by atoms with E-state index in [9.17, 15) is 18.3 Å². The van der Waals surface area contributed by atoms with Gasteiger partial charge in [-0.25, -0.2) is 0 Å². The first-order valence-corrected chi connectivity index (χ1v) is 9.53. The number of benzene rings is 2. The van der Waals surface area contributed by atoms with Crippen LogP contribution >= 0.6 is 0 Å². The van der Waals surface area contributed by atoms with Crippen LogP contribution in [-0.4, -0.2) is 24.4 Å². The summed E-state index contributed by atoms with van der Waals surface area (Å²) in [6.07, 6.45) is -0.661. The van der Waals surface area contributed by atoms with Crippen molar-refractivity contribution in [3.8, 4) is 11.5 Å². The average Bonchev–Trinajstić information content (AvgIpc) is 2.67. The van der Waals surface area contributed by atoms with Gasteiger partial charge in [-0.1, -0.05) is 18.2 Å².